The lowest BCUT2D eigenvalue weighted by molar-refractivity contribution is -0.0224. The van der Waals surface area contributed by atoms with Crippen LogP contribution in [0, 0.1) is 19.8 Å². The first kappa shape index (κ1) is 21.3. The summed E-state index contributed by atoms with van der Waals surface area (Å²) in [5.74, 6) is 0.252. The number of anilines is 1. The molecule has 0 unspecified atom stereocenters. The van der Waals surface area contributed by atoms with E-state index in [1.165, 1.54) is 7.11 Å². The number of carbonyl (C=O) groups is 2. The van der Waals surface area contributed by atoms with Crippen LogP contribution in [-0.2, 0) is 6.54 Å². The second kappa shape index (κ2) is 7.64. The maximum absolute atomic E-state index is 13.4. The van der Waals surface area contributed by atoms with Crippen molar-refractivity contribution in [3.63, 3.8) is 0 Å². The molecule has 7 nitrogen and oxygen atoms in total. The van der Waals surface area contributed by atoms with Crippen LogP contribution in [-0.4, -0.2) is 45.6 Å². The molecule has 0 bridgehead atoms. The third-order valence-electron chi connectivity index (χ3n) is 6.23. The number of pyridine rings is 1. The first-order chi connectivity index (χ1) is 14.6. The van der Waals surface area contributed by atoms with Gasteiger partial charge in [0.1, 0.15) is 0 Å². The second-order valence-electron chi connectivity index (χ2n) is 9.11. The number of nitrogens with one attached hydrogen (secondary N) is 1. The Morgan fingerprint density at radius 2 is 2.03 bits per heavy atom. The molecule has 7 heteroatoms. The van der Waals surface area contributed by atoms with Gasteiger partial charge < -0.3 is 20.1 Å². The molecule has 31 heavy (non-hydrogen) atoms. The predicted octanol–water partition coefficient (Wildman–Crippen LogP) is 3.46. The van der Waals surface area contributed by atoms with Gasteiger partial charge in [0.15, 0.2) is 0 Å². The SMILES string of the molecule is COc1ncc(C)c(C(=O)Nc2cccc3c2C(=O)N([C@H](C2CC2)C(C)(C)O)C3)c1C. The molecule has 2 amide bonds. The number of fused-ring (bicyclic) bond motifs is 1. The fraction of sp³-hybridized carbons (Fsp3) is 0.458. The Morgan fingerprint density at radius 1 is 1.32 bits per heavy atom. The monoisotopic (exact) mass is 423 g/mol. The average molecular weight is 424 g/mol. The van der Waals surface area contributed by atoms with Crippen molar-refractivity contribution in [3.05, 3.63) is 52.2 Å². The van der Waals surface area contributed by atoms with Gasteiger partial charge in [0, 0.05) is 18.3 Å². The van der Waals surface area contributed by atoms with Gasteiger partial charge in [0.25, 0.3) is 11.8 Å². The number of ether oxygens (including phenoxy) is 1. The predicted molar refractivity (Wildman–Crippen MR) is 117 cm³/mol. The lowest BCUT2D eigenvalue weighted by Crippen LogP contribution is -2.51. The van der Waals surface area contributed by atoms with Crippen molar-refractivity contribution in [1.29, 1.82) is 0 Å². The summed E-state index contributed by atoms with van der Waals surface area (Å²) < 4.78 is 5.26. The molecule has 0 saturated heterocycles. The number of aryl methyl sites for hydroxylation is 1. The fourth-order valence-corrected chi connectivity index (χ4v) is 4.80. The summed E-state index contributed by atoms with van der Waals surface area (Å²) in [5.41, 5.74) is 2.71. The van der Waals surface area contributed by atoms with Crippen molar-refractivity contribution in [2.45, 2.75) is 58.7 Å². The van der Waals surface area contributed by atoms with Crippen molar-refractivity contribution in [3.8, 4) is 5.88 Å². The highest BCUT2D eigenvalue weighted by Gasteiger charge is 2.48. The summed E-state index contributed by atoms with van der Waals surface area (Å²) in [6.45, 7) is 7.57. The molecule has 1 aromatic heterocycles. The van der Waals surface area contributed by atoms with Crippen LogP contribution in [0.5, 0.6) is 5.88 Å². The highest BCUT2D eigenvalue weighted by Crippen LogP contribution is 2.43. The van der Waals surface area contributed by atoms with E-state index >= 15 is 0 Å². The molecule has 2 heterocycles. The molecule has 1 fully saturated rings. The quantitative estimate of drug-likeness (QED) is 0.742. The van der Waals surface area contributed by atoms with Crippen molar-refractivity contribution in [2.24, 2.45) is 5.92 Å². The van der Waals surface area contributed by atoms with Crippen LogP contribution in [0.25, 0.3) is 0 Å². The van der Waals surface area contributed by atoms with Gasteiger partial charge in [0.2, 0.25) is 5.88 Å². The molecule has 0 radical (unpaired) electrons. The molecule has 1 saturated carbocycles. The van der Waals surface area contributed by atoms with E-state index in [0.717, 1.165) is 24.0 Å². The Morgan fingerprint density at radius 3 is 2.65 bits per heavy atom. The highest BCUT2D eigenvalue weighted by molar-refractivity contribution is 6.11. The van der Waals surface area contributed by atoms with Crippen LogP contribution >= 0.6 is 0 Å². The number of hydrogen-bond donors (Lipinski definition) is 2. The second-order valence-corrected chi connectivity index (χ2v) is 9.11. The zero-order valence-electron chi connectivity index (χ0n) is 18.7. The van der Waals surface area contributed by atoms with Crippen LogP contribution in [0.15, 0.2) is 24.4 Å². The Labute approximate surface area is 182 Å². The number of methoxy groups -OCH3 is 1. The smallest absolute Gasteiger partial charge is 0.256 e. The van der Waals surface area contributed by atoms with E-state index in [2.05, 4.69) is 10.3 Å². The van der Waals surface area contributed by atoms with E-state index in [4.69, 9.17) is 4.74 Å². The molecule has 2 N–H and O–H groups in total. The number of rotatable bonds is 6. The van der Waals surface area contributed by atoms with Gasteiger partial charge in [-0.1, -0.05) is 12.1 Å². The number of benzene rings is 1. The molecule has 164 valence electrons. The van der Waals surface area contributed by atoms with Gasteiger partial charge in [-0.15, -0.1) is 0 Å². The minimum Gasteiger partial charge on any atom is -0.481 e. The Balaban J connectivity index is 1.66. The highest BCUT2D eigenvalue weighted by atomic mass is 16.5. The number of hydrogen-bond acceptors (Lipinski definition) is 5. The van der Waals surface area contributed by atoms with E-state index in [9.17, 15) is 14.7 Å². The summed E-state index contributed by atoms with van der Waals surface area (Å²) in [6.07, 6.45) is 3.63. The molecular weight excluding hydrogens is 394 g/mol. The molecule has 1 aliphatic carbocycles. The third kappa shape index (κ3) is 3.78. The maximum atomic E-state index is 13.4. The van der Waals surface area contributed by atoms with Crippen LogP contribution < -0.4 is 10.1 Å². The summed E-state index contributed by atoms with van der Waals surface area (Å²) in [5, 5.41) is 13.7. The fourth-order valence-electron chi connectivity index (χ4n) is 4.80. The molecule has 2 aromatic rings. The van der Waals surface area contributed by atoms with E-state index in [-0.39, 0.29) is 17.9 Å². The van der Waals surface area contributed by atoms with Gasteiger partial charge in [-0.2, -0.15) is 0 Å². The van der Waals surface area contributed by atoms with Gasteiger partial charge >= 0.3 is 0 Å². The van der Waals surface area contributed by atoms with E-state index in [1.807, 2.05) is 19.1 Å². The average Bonchev–Trinajstić information content (AvgIpc) is 3.45. The minimum absolute atomic E-state index is 0.148. The topological polar surface area (TPSA) is 91.8 Å². The Bertz CT molecular complexity index is 1050. The Hall–Kier alpha value is -2.93. The lowest BCUT2D eigenvalue weighted by Gasteiger charge is -2.37. The molecule has 1 aliphatic heterocycles. The van der Waals surface area contributed by atoms with Crippen molar-refractivity contribution < 1.29 is 19.4 Å². The Kier molecular flexibility index (Phi) is 5.25. The minimum atomic E-state index is -0.996. The first-order valence-corrected chi connectivity index (χ1v) is 10.6. The van der Waals surface area contributed by atoms with Gasteiger partial charge in [-0.05, 0) is 63.6 Å². The largest absolute Gasteiger partial charge is 0.481 e. The zero-order valence-corrected chi connectivity index (χ0v) is 18.7. The number of carbonyl (C=O) groups excluding carboxylic acids is 2. The number of amides is 2. The maximum Gasteiger partial charge on any atom is 0.256 e. The molecule has 1 atom stereocenters. The van der Waals surface area contributed by atoms with E-state index in [1.54, 1.807) is 37.9 Å². The van der Waals surface area contributed by atoms with Gasteiger partial charge in [-0.3, -0.25) is 9.59 Å². The van der Waals surface area contributed by atoms with Crippen molar-refractivity contribution in [2.75, 3.05) is 12.4 Å². The van der Waals surface area contributed by atoms with E-state index < -0.39 is 5.60 Å². The summed E-state index contributed by atoms with van der Waals surface area (Å²) in [7, 11) is 1.52. The van der Waals surface area contributed by atoms with Crippen molar-refractivity contribution >= 4 is 17.5 Å². The van der Waals surface area contributed by atoms with Gasteiger partial charge in [-0.25, -0.2) is 4.98 Å². The zero-order chi connectivity index (χ0) is 22.5. The van der Waals surface area contributed by atoms with Crippen molar-refractivity contribution in [1.82, 2.24) is 9.88 Å². The number of nitrogens with zero attached hydrogens (tertiary/aromatic N) is 2. The molecule has 0 spiro atoms. The molecule has 1 aromatic carbocycles. The summed E-state index contributed by atoms with van der Waals surface area (Å²) in [6, 6.07) is 5.25. The van der Waals surface area contributed by atoms with E-state index in [0.29, 0.717) is 40.7 Å². The number of aliphatic hydroxyl groups is 1. The normalized spacial score (nSPS) is 16.8. The molecule has 2 aliphatic rings. The molecule has 4 rings (SSSR count). The van der Waals surface area contributed by atoms with Gasteiger partial charge in [0.05, 0.1) is 35.6 Å². The lowest BCUT2D eigenvalue weighted by atomic mass is 9.93. The van der Waals surface area contributed by atoms with Crippen LogP contribution in [0.2, 0.25) is 0 Å². The third-order valence-corrected chi connectivity index (χ3v) is 6.23. The van der Waals surface area contributed by atoms with Crippen LogP contribution in [0.3, 0.4) is 0 Å². The number of aromatic nitrogens is 1. The molecular formula is C24H29N3O4. The standard InChI is InChI=1S/C24H29N3O4/c1-13-11-25-22(31-5)14(2)18(13)21(28)26-17-8-6-7-16-12-27(23(29)19(16)17)20(15-9-10-15)24(3,4)30/h6-8,11,15,20,30H,9-10,12H2,1-5H3,(H,26,28)/t20-/m1/s1. The first-order valence-electron chi connectivity index (χ1n) is 10.6. The van der Waals surface area contributed by atoms with Crippen LogP contribution in [0.4, 0.5) is 5.69 Å². The summed E-state index contributed by atoms with van der Waals surface area (Å²) in [4.78, 5) is 32.6. The van der Waals surface area contributed by atoms with Crippen LogP contribution in [0.1, 0.15) is 64.1 Å². The summed E-state index contributed by atoms with van der Waals surface area (Å²) >= 11 is 0.